The highest BCUT2D eigenvalue weighted by Gasteiger charge is 2.10. The van der Waals surface area contributed by atoms with Crippen molar-refractivity contribution in [3.8, 4) is 11.4 Å². The molecule has 6 heteroatoms. The smallest absolute Gasteiger partial charge is 0.230 e. The summed E-state index contributed by atoms with van der Waals surface area (Å²) >= 11 is 1.42. The fourth-order valence-electron chi connectivity index (χ4n) is 2.84. The molecule has 1 heterocycles. The molecule has 0 saturated carbocycles. The first-order chi connectivity index (χ1) is 13.6. The fourth-order valence-corrected chi connectivity index (χ4v) is 3.64. The zero-order valence-electron chi connectivity index (χ0n) is 16.4. The van der Waals surface area contributed by atoms with Crippen LogP contribution in [0.1, 0.15) is 30.9 Å². The number of imidazole rings is 1. The Balaban J connectivity index is 1.58. The van der Waals surface area contributed by atoms with E-state index >= 15 is 0 Å². The maximum atomic E-state index is 12.3. The molecule has 0 fully saturated rings. The minimum atomic E-state index is -0.0411. The number of hydrogen-bond donors (Lipinski definition) is 1. The maximum Gasteiger partial charge on any atom is 0.230 e. The molecule has 0 aliphatic rings. The van der Waals surface area contributed by atoms with Crippen LogP contribution in [-0.4, -0.2) is 28.3 Å². The van der Waals surface area contributed by atoms with Crippen molar-refractivity contribution in [2.75, 3.05) is 12.9 Å². The summed E-state index contributed by atoms with van der Waals surface area (Å²) in [7, 11) is 1.63. The summed E-state index contributed by atoms with van der Waals surface area (Å²) in [6.45, 7) is 4.79. The normalized spacial score (nSPS) is 10.9. The molecule has 3 aromatic rings. The van der Waals surface area contributed by atoms with E-state index < -0.39 is 0 Å². The number of aromatic nitrogens is 2. The number of carbonyl (C=O) groups excluding carboxylic acids is 1. The topological polar surface area (TPSA) is 56.1 Å². The van der Waals surface area contributed by atoms with Crippen LogP contribution >= 0.6 is 11.8 Å². The van der Waals surface area contributed by atoms with Gasteiger partial charge in [-0.15, -0.1) is 0 Å². The third-order valence-electron chi connectivity index (χ3n) is 4.45. The summed E-state index contributed by atoms with van der Waals surface area (Å²) in [5.74, 6) is 1.53. The second kappa shape index (κ2) is 9.46. The van der Waals surface area contributed by atoms with E-state index in [4.69, 9.17) is 4.74 Å². The van der Waals surface area contributed by atoms with Crippen molar-refractivity contribution >= 4 is 17.7 Å². The van der Waals surface area contributed by atoms with E-state index in [9.17, 15) is 4.79 Å². The first kappa shape index (κ1) is 20.0. The molecular weight excluding hydrogens is 370 g/mol. The maximum absolute atomic E-state index is 12.3. The van der Waals surface area contributed by atoms with Crippen LogP contribution in [0.3, 0.4) is 0 Å². The molecule has 0 aliphatic heterocycles. The SMILES string of the molecule is COc1ccccc1CNC(=O)CSc1nccn1-c1ccc(C(C)C)cc1. The van der Waals surface area contributed by atoms with Gasteiger partial charge in [-0.1, -0.05) is 55.9 Å². The Morgan fingerprint density at radius 1 is 1.18 bits per heavy atom. The number of amides is 1. The number of hydrogen-bond acceptors (Lipinski definition) is 4. The van der Waals surface area contributed by atoms with Gasteiger partial charge in [-0.25, -0.2) is 4.98 Å². The van der Waals surface area contributed by atoms with E-state index in [-0.39, 0.29) is 5.91 Å². The van der Waals surface area contributed by atoms with Gasteiger partial charge in [0.05, 0.1) is 12.9 Å². The van der Waals surface area contributed by atoms with Gasteiger partial charge in [-0.2, -0.15) is 0 Å². The lowest BCUT2D eigenvalue weighted by atomic mass is 10.0. The Labute approximate surface area is 170 Å². The average molecular weight is 396 g/mol. The predicted molar refractivity (Wildman–Crippen MR) is 113 cm³/mol. The summed E-state index contributed by atoms with van der Waals surface area (Å²) in [5.41, 5.74) is 3.29. The van der Waals surface area contributed by atoms with Gasteiger partial charge in [0.2, 0.25) is 5.91 Å². The van der Waals surface area contributed by atoms with Crippen LogP contribution in [0.2, 0.25) is 0 Å². The highest BCUT2D eigenvalue weighted by molar-refractivity contribution is 7.99. The van der Waals surface area contributed by atoms with Gasteiger partial charge in [-0.3, -0.25) is 9.36 Å². The number of benzene rings is 2. The standard InChI is InChI=1S/C22H25N3O2S/c1-16(2)17-8-10-19(11-9-17)25-13-12-23-22(25)28-15-21(26)24-14-18-6-4-5-7-20(18)27-3/h4-13,16H,14-15H2,1-3H3,(H,24,26). The summed E-state index contributed by atoms with van der Waals surface area (Å²) in [5, 5.41) is 3.73. The molecule has 1 N–H and O–H groups in total. The summed E-state index contributed by atoms with van der Waals surface area (Å²) in [6.07, 6.45) is 3.67. The molecule has 0 unspecified atom stereocenters. The Morgan fingerprint density at radius 3 is 2.64 bits per heavy atom. The van der Waals surface area contributed by atoms with E-state index in [1.807, 2.05) is 35.0 Å². The number of rotatable bonds is 8. The van der Waals surface area contributed by atoms with Crippen LogP contribution in [0.4, 0.5) is 0 Å². The lowest BCUT2D eigenvalue weighted by Gasteiger charge is -2.11. The van der Waals surface area contributed by atoms with Gasteiger partial charge in [0, 0.05) is 30.2 Å². The van der Waals surface area contributed by atoms with E-state index in [0.717, 1.165) is 22.2 Å². The van der Waals surface area contributed by atoms with Crippen LogP contribution in [-0.2, 0) is 11.3 Å². The Kier molecular flexibility index (Phi) is 6.76. The molecule has 0 spiro atoms. The number of para-hydroxylation sites is 1. The first-order valence-corrected chi connectivity index (χ1v) is 10.2. The van der Waals surface area contributed by atoms with Crippen molar-refractivity contribution in [2.24, 2.45) is 0 Å². The van der Waals surface area contributed by atoms with E-state index in [2.05, 4.69) is 48.4 Å². The molecule has 28 heavy (non-hydrogen) atoms. The van der Waals surface area contributed by atoms with Crippen LogP contribution in [0.15, 0.2) is 66.1 Å². The lowest BCUT2D eigenvalue weighted by molar-refractivity contribution is -0.118. The quantitative estimate of drug-likeness (QED) is 0.574. The lowest BCUT2D eigenvalue weighted by Crippen LogP contribution is -2.25. The van der Waals surface area contributed by atoms with Crippen molar-refractivity contribution in [3.05, 3.63) is 72.1 Å². The molecule has 0 bridgehead atoms. The Morgan fingerprint density at radius 2 is 1.93 bits per heavy atom. The van der Waals surface area contributed by atoms with Gasteiger partial charge in [0.1, 0.15) is 5.75 Å². The van der Waals surface area contributed by atoms with Crippen LogP contribution in [0.5, 0.6) is 5.75 Å². The average Bonchev–Trinajstić information content (AvgIpc) is 3.19. The number of ether oxygens (including phenoxy) is 1. The molecule has 0 aliphatic carbocycles. The van der Waals surface area contributed by atoms with Crippen molar-refractivity contribution in [3.63, 3.8) is 0 Å². The van der Waals surface area contributed by atoms with Crippen LogP contribution in [0.25, 0.3) is 5.69 Å². The van der Waals surface area contributed by atoms with Gasteiger partial charge in [-0.05, 0) is 29.7 Å². The van der Waals surface area contributed by atoms with Gasteiger partial charge < -0.3 is 10.1 Å². The van der Waals surface area contributed by atoms with Crippen molar-refractivity contribution < 1.29 is 9.53 Å². The van der Waals surface area contributed by atoms with Gasteiger partial charge >= 0.3 is 0 Å². The van der Waals surface area contributed by atoms with Gasteiger partial charge in [0.25, 0.3) is 0 Å². The molecule has 0 saturated heterocycles. The Hall–Kier alpha value is -2.73. The number of thioether (sulfide) groups is 1. The number of nitrogens with one attached hydrogen (secondary N) is 1. The summed E-state index contributed by atoms with van der Waals surface area (Å²) in [6, 6.07) is 16.1. The highest BCUT2D eigenvalue weighted by Crippen LogP contribution is 2.22. The summed E-state index contributed by atoms with van der Waals surface area (Å²) in [4.78, 5) is 16.7. The fraction of sp³-hybridized carbons (Fsp3) is 0.273. The predicted octanol–water partition coefficient (Wildman–Crippen LogP) is 4.41. The molecule has 2 aromatic carbocycles. The number of methoxy groups -OCH3 is 1. The zero-order chi connectivity index (χ0) is 19.9. The van der Waals surface area contributed by atoms with Gasteiger partial charge in [0.15, 0.2) is 5.16 Å². The minimum absolute atomic E-state index is 0.0411. The highest BCUT2D eigenvalue weighted by atomic mass is 32.2. The second-order valence-electron chi connectivity index (χ2n) is 6.70. The van der Waals surface area contributed by atoms with Crippen LogP contribution in [0, 0.1) is 0 Å². The third kappa shape index (κ3) is 4.95. The number of nitrogens with zero attached hydrogens (tertiary/aromatic N) is 2. The monoisotopic (exact) mass is 395 g/mol. The van der Waals surface area contributed by atoms with E-state index in [1.165, 1.54) is 17.3 Å². The molecule has 0 radical (unpaired) electrons. The summed E-state index contributed by atoms with van der Waals surface area (Å²) < 4.78 is 7.32. The van der Waals surface area contributed by atoms with Crippen LogP contribution < -0.4 is 10.1 Å². The number of carbonyl (C=O) groups is 1. The van der Waals surface area contributed by atoms with Crippen molar-refractivity contribution in [1.82, 2.24) is 14.9 Å². The molecule has 1 amide bonds. The Bertz CT molecular complexity index is 920. The molecule has 3 rings (SSSR count). The zero-order valence-corrected chi connectivity index (χ0v) is 17.2. The van der Waals surface area contributed by atoms with E-state index in [0.29, 0.717) is 18.2 Å². The molecule has 0 atom stereocenters. The third-order valence-corrected chi connectivity index (χ3v) is 5.41. The minimum Gasteiger partial charge on any atom is -0.496 e. The van der Waals surface area contributed by atoms with Crippen molar-refractivity contribution in [1.29, 1.82) is 0 Å². The largest absolute Gasteiger partial charge is 0.496 e. The molecule has 146 valence electrons. The molecular formula is C22H25N3O2S. The molecule has 5 nitrogen and oxygen atoms in total. The second-order valence-corrected chi connectivity index (χ2v) is 7.65. The van der Waals surface area contributed by atoms with Crippen molar-refractivity contribution in [2.45, 2.75) is 31.5 Å². The van der Waals surface area contributed by atoms with E-state index in [1.54, 1.807) is 13.3 Å². The first-order valence-electron chi connectivity index (χ1n) is 9.23. The molecule has 1 aromatic heterocycles.